The molecule has 5 N–H and O–H groups in total. The third-order valence-electron chi connectivity index (χ3n) is 7.93. The van der Waals surface area contributed by atoms with Gasteiger partial charge < -0.3 is 35.7 Å². The molecule has 226 valence electrons. The molecule has 2 saturated heterocycles. The molecule has 4 atom stereocenters. The fourth-order valence-corrected chi connectivity index (χ4v) is 5.74. The first-order chi connectivity index (χ1) is 20.6. The number of nitrogens with two attached hydrogens (primary N) is 1. The number of anilines is 1. The van der Waals surface area contributed by atoms with Gasteiger partial charge in [-0.15, -0.1) is 0 Å². The fourth-order valence-electron chi connectivity index (χ4n) is 5.74. The summed E-state index contributed by atoms with van der Waals surface area (Å²) in [6, 6.07) is 7.89. The van der Waals surface area contributed by atoms with E-state index in [1.54, 1.807) is 31.2 Å². The molecule has 3 amide bonds. The summed E-state index contributed by atoms with van der Waals surface area (Å²) < 4.78 is 24.7. The Morgan fingerprint density at radius 2 is 1.98 bits per heavy atom. The lowest BCUT2D eigenvalue weighted by atomic mass is 9.94. The van der Waals surface area contributed by atoms with Gasteiger partial charge in [-0.3, -0.25) is 19.2 Å². The van der Waals surface area contributed by atoms with Crippen LogP contribution in [-0.2, 0) is 19.1 Å². The van der Waals surface area contributed by atoms with Crippen molar-refractivity contribution in [2.24, 2.45) is 5.92 Å². The maximum atomic E-state index is 14.2. The van der Waals surface area contributed by atoms with Crippen molar-refractivity contribution in [1.29, 1.82) is 0 Å². The highest BCUT2D eigenvalue weighted by Crippen LogP contribution is 2.29. The molecule has 2 aliphatic rings. The molecule has 1 unspecified atom stereocenters. The lowest BCUT2D eigenvalue weighted by Gasteiger charge is -2.31. The van der Waals surface area contributed by atoms with E-state index in [0.29, 0.717) is 29.6 Å². The quantitative estimate of drug-likeness (QED) is 0.204. The van der Waals surface area contributed by atoms with Crippen LogP contribution in [0.4, 0.5) is 10.1 Å². The Morgan fingerprint density at radius 3 is 2.67 bits per heavy atom. The number of aromatic nitrogens is 1. The highest BCUT2D eigenvalue weighted by atomic mass is 19.1. The average Bonchev–Trinajstić information content (AvgIpc) is 3.67. The van der Waals surface area contributed by atoms with Gasteiger partial charge in [0, 0.05) is 35.1 Å². The Balaban J connectivity index is 1.32. The Labute approximate surface area is 246 Å². The molecule has 43 heavy (non-hydrogen) atoms. The largest absolute Gasteiger partial charge is 0.496 e. The smallest absolute Gasteiger partial charge is 0.341 e. The van der Waals surface area contributed by atoms with Gasteiger partial charge in [-0.1, -0.05) is 6.07 Å². The lowest BCUT2D eigenvalue weighted by Crippen LogP contribution is -2.51. The van der Waals surface area contributed by atoms with Crippen molar-refractivity contribution < 1.29 is 37.8 Å². The summed E-state index contributed by atoms with van der Waals surface area (Å²) in [5.41, 5.74) is 6.17. The van der Waals surface area contributed by atoms with Gasteiger partial charge in [0.25, 0.3) is 5.91 Å². The number of aromatic amines is 1. The number of amides is 3. The molecule has 0 aliphatic carbocycles. The predicted octanol–water partition coefficient (Wildman–Crippen LogP) is 1.94. The van der Waals surface area contributed by atoms with E-state index in [9.17, 15) is 28.4 Å². The standard InChI is InChI=1S/C30H32FN5O7/c1-15-10-23(35-28(39)22-13-19-21(34-22)4-3-5-26(19)42-2)29(40)36(15)24(11-16-8-9-33-27(16)38)25(37)14-43-30(41)18-7-6-17(32)12-20(18)31/h3-7,12-13,15-16,23-24,34H,8-11,14,32H2,1-2H3,(H,33,38)(H,35,39)/t15?,16-,23-,24-/m0/s1. The number of Topliss-reactive ketones (excluding diaryl/α,β-unsaturated/α-hetero) is 1. The third-order valence-corrected chi connectivity index (χ3v) is 7.93. The summed E-state index contributed by atoms with van der Waals surface area (Å²) in [5, 5.41) is 6.18. The van der Waals surface area contributed by atoms with Gasteiger partial charge in [0.05, 0.1) is 18.7 Å². The number of rotatable bonds is 10. The van der Waals surface area contributed by atoms with Crippen molar-refractivity contribution >= 4 is 46.1 Å². The number of carbonyl (C=O) groups excluding carboxylic acids is 5. The maximum absolute atomic E-state index is 14.2. The van der Waals surface area contributed by atoms with Gasteiger partial charge in [-0.25, -0.2) is 9.18 Å². The van der Waals surface area contributed by atoms with Crippen molar-refractivity contribution in [2.45, 2.75) is 44.3 Å². The lowest BCUT2D eigenvalue weighted by molar-refractivity contribution is -0.141. The molecule has 13 heteroatoms. The molecule has 3 aromatic rings. The third kappa shape index (κ3) is 6.01. The molecule has 2 aliphatic heterocycles. The van der Waals surface area contributed by atoms with Crippen LogP contribution in [0.15, 0.2) is 42.5 Å². The Morgan fingerprint density at radius 1 is 1.19 bits per heavy atom. The van der Waals surface area contributed by atoms with Crippen LogP contribution >= 0.6 is 0 Å². The zero-order chi connectivity index (χ0) is 30.8. The van der Waals surface area contributed by atoms with Crippen LogP contribution in [0, 0.1) is 11.7 Å². The second-order valence-electron chi connectivity index (χ2n) is 10.8. The minimum Gasteiger partial charge on any atom is -0.496 e. The molecule has 0 radical (unpaired) electrons. The Kier molecular flexibility index (Phi) is 8.33. The number of carbonyl (C=O) groups is 5. The van der Waals surface area contributed by atoms with Crippen LogP contribution in [-0.4, -0.2) is 77.7 Å². The van der Waals surface area contributed by atoms with Crippen LogP contribution in [0.25, 0.3) is 10.9 Å². The topological polar surface area (TPSA) is 173 Å². The summed E-state index contributed by atoms with van der Waals surface area (Å²) in [6.45, 7) is 1.43. The normalized spacial score (nSPS) is 20.6. The summed E-state index contributed by atoms with van der Waals surface area (Å²) in [7, 11) is 1.53. The number of nitrogen functional groups attached to an aromatic ring is 1. The maximum Gasteiger partial charge on any atom is 0.341 e. The molecule has 2 aromatic carbocycles. The summed E-state index contributed by atoms with van der Waals surface area (Å²) in [6.07, 6.45) is 0.696. The zero-order valence-corrected chi connectivity index (χ0v) is 23.6. The monoisotopic (exact) mass is 593 g/mol. The number of nitrogens with one attached hydrogen (secondary N) is 3. The second-order valence-corrected chi connectivity index (χ2v) is 10.8. The minimum absolute atomic E-state index is 0.0109. The van der Waals surface area contributed by atoms with Gasteiger partial charge in [0.2, 0.25) is 11.8 Å². The van der Waals surface area contributed by atoms with E-state index < -0.39 is 65.6 Å². The van der Waals surface area contributed by atoms with Gasteiger partial charge in [0.15, 0.2) is 12.4 Å². The van der Waals surface area contributed by atoms with Crippen LogP contribution in [0.5, 0.6) is 5.75 Å². The van der Waals surface area contributed by atoms with E-state index in [2.05, 4.69) is 15.6 Å². The van der Waals surface area contributed by atoms with Crippen LogP contribution in [0.1, 0.15) is 47.0 Å². The first-order valence-corrected chi connectivity index (χ1v) is 13.9. The molecule has 12 nitrogen and oxygen atoms in total. The number of ether oxygens (including phenoxy) is 2. The highest BCUT2D eigenvalue weighted by Gasteiger charge is 2.45. The summed E-state index contributed by atoms with van der Waals surface area (Å²) in [4.78, 5) is 69.5. The molecular weight excluding hydrogens is 561 g/mol. The number of methoxy groups -OCH3 is 1. The fraction of sp³-hybridized carbons (Fsp3) is 0.367. The molecule has 0 bridgehead atoms. The van der Waals surface area contributed by atoms with Crippen LogP contribution in [0.2, 0.25) is 0 Å². The van der Waals surface area contributed by atoms with E-state index in [4.69, 9.17) is 15.2 Å². The summed E-state index contributed by atoms with van der Waals surface area (Å²) >= 11 is 0. The number of benzene rings is 2. The van der Waals surface area contributed by atoms with E-state index in [-0.39, 0.29) is 30.1 Å². The van der Waals surface area contributed by atoms with Gasteiger partial charge in [-0.05, 0) is 62.6 Å². The van der Waals surface area contributed by atoms with Gasteiger partial charge in [0.1, 0.15) is 23.3 Å². The first-order valence-electron chi connectivity index (χ1n) is 13.9. The molecule has 3 heterocycles. The second kappa shape index (κ2) is 12.1. The number of ketones is 1. The minimum atomic E-state index is -1.11. The van der Waals surface area contributed by atoms with Gasteiger partial charge >= 0.3 is 5.97 Å². The Hall–Kier alpha value is -4.94. The molecule has 0 spiro atoms. The van der Waals surface area contributed by atoms with E-state index in [0.717, 1.165) is 12.1 Å². The van der Waals surface area contributed by atoms with Crippen LogP contribution < -0.4 is 21.1 Å². The first kappa shape index (κ1) is 29.5. The molecule has 1 aromatic heterocycles. The van der Waals surface area contributed by atoms with Crippen LogP contribution in [0.3, 0.4) is 0 Å². The Bertz CT molecular complexity index is 1600. The highest BCUT2D eigenvalue weighted by molar-refractivity contribution is 6.02. The van der Waals surface area contributed by atoms with Crippen molar-refractivity contribution in [2.75, 3.05) is 26.0 Å². The number of nitrogens with zero attached hydrogens (tertiary/aromatic N) is 1. The molecular formula is C30H32FN5O7. The van der Waals surface area contributed by atoms with Crippen molar-refractivity contribution in [3.05, 3.63) is 59.5 Å². The molecule has 0 saturated carbocycles. The number of hydrogen-bond donors (Lipinski definition) is 4. The number of H-pyrrole nitrogens is 1. The number of esters is 1. The number of likely N-dealkylation sites (tertiary alicyclic amines) is 1. The van der Waals surface area contributed by atoms with E-state index in [1.165, 1.54) is 18.1 Å². The summed E-state index contributed by atoms with van der Waals surface area (Å²) in [5.74, 6) is -3.78. The average molecular weight is 594 g/mol. The molecule has 5 rings (SSSR count). The van der Waals surface area contributed by atoms with E-state index >= 15 is 0 Å². The molecule has 2 fully saturated rings. The predicted molar refractivity (Wildman–Crippen MR) is 153 cm³/mol. The zero-order valence-electron chi connectivity index (χ0n) is 23.6. The number of hydrogen-bond acceptors (Lipinski definition) is 8. The number of fused-ring (bicyclic) bond motifs is 1. The SMILES string of the molecule is COc1cccc2[nH]c(C(=O)N[C@H]3CC(C)N([C@@H](C[C@@H]4CCNC4=O)C(=O)COC(=O)c4ccc(N)cc4F)C3=O)cc12. The van der Waals surface area contributed by atoms with Gasteiger partial charge in [-0.2, -0.15) is 0 Å². The van der Waals surface area contributed by atoms with Crippen molar-refractivity contribution in [1.82, 2.24) is 20.5 Å². The van der Waals surface area contributed by atoms with E-state index in [1.807, 2.05) is 0 Å². The van der Waals surface area contributed by atoms with Crippen molar-refractivity contribution in [3.63, 3.8) is 0 Å². The number of halogens is 1. The van der Waals surface area contributed by atoms with Crippen molar-refractivity contribution in [3.8, 4) is 5.75 Å².